The van der Waals surface area contributed by atoms with Gasteiger partial charge in [-0.05, 0) is 0 Å². The van der Waals surface area contributed by atoms with Gasteiger partial charge in [0.2, 0.25) is 0 Å². The quantitative estimate of drug-likeness (QED) is 0.396. The summed E-state index contributed by atoms with van der Waals surface area (Å²) < 4.78 is 5.11. The predicted molar refractivity (Wildman–Crippen MR) is 41.1 cm³/mol. The Bertz CT molecular complexity index is 167. The fourth-order valence-corrected chi connectivity index (χ4v) is 1.09. The van der Waals surface area contributed by atoms with E-state index >= 15 is 0 Å². The minimum Gasteiger partial charge on any atom is -0.379 e. The second kappa shape index (κ2) is 4.12. The molecule has 0 aliphatic carbocycles. The number of carbonyl (C=O) groups excluding carboxylic acids is 1. The Morgan fingerprint density at radius 1 is 1.55 bits per heavy atom. The van der Waals surface area contributed by atoms with Gasteiger partial charge in [0.25, 0.3) is 0 Å². The normalized spacial score (nSPS) is 22.1. The molecule has 11 heavy (non-hydrogen) atoms. The van der Waals surface area contributed by atoms with Crippen LogP contribution in [0.1, 0.15) is 0 Å². The van der Waals surface area contributed by atoms with Crippen molar-refractivity contribution in [2.45, 2.75) is 6.04 Å². The molecule has 0 radical (unpaired) electrons. The minimum atomic E-state index is -0.362. The van der Waals surface area contributed by atoms with Crippen LogP contribution in [-0.4, -0.2) is 43.5 Å². The Morgan fingerprint density at radius 3 is 2.64 bits per heavy atom. The topological polar surface area (TPSA) is 29.5 Å². The largest absolute Gasteiger partial charge is 0.379 e. The molecule has 0 amide bonds. The number of rotatable bonds is 2. The summed E-state index contributed by atoms with van der Waals surface area (Å²) in [5.41, 5.74) is 0. The van der Waals surface area contributed by atoms with Crippen molar-refractivity contribution in [1.29, 1.82) is 0 Å². The van der Waals surface area contributed by atoms with Crippen molar-refractivity contribution in [3.05, 3.63) is 0 Å². The van der Waals surface area contributed by atoms with Crippen LogP contribution in [0, 0.1) is 12.3 Å². The number of ether oxygens (including phenoxy) is 1. The maximum atomic E-state index is 10.4. The van der Waals surface area contributed by atoms with Crippen molar-refractivity contribution in [2.75, 3.05) is 26.3 Å². The zero-order valence-corrected chi connectivity index (χ0v) is 6.32. The SMILES string of the molecule is C#CC(C=O)N1CCOCC1. The van der Waals surface area contributed by atoms with Gasteiger partial charge in [-0.1, -0.05) is 5.92 Å². The first-order valence-electron chi connectivity index (χ1n) is 3.61. The van der Waals surface area contributed by atoms with Crippen molar-refractivity contribution in [1.82, 2.24) is 4.90 Å². The standard InChI is InChI=1S/C8H11NO2/c1-2-8(7-10)9-3-5-11-6-4-9/h1,7-8H,3-6H2. The lowest BCUT2D eigenvalue weighted by atomic mass is 10.2. The first-order chi connectivity index (χ1) is 5.38. The summed E-state index contributed by atoms with van der Waals surface area (Å²) in [4.78, 5) is 12.4. The van der Waals surface area contributed by atoms with Crippen LogP contribution < -0.4 is 0 Å². The highest BCUT2D eigenvalue weighted by molar-refractivity contribution is 5.62. The van der Waals surface area contributed by atoms with E-state index in [2.05, 4.69) is 5.92 Å². The lowest BCUT2D eigenvalue weighted by Gasteiger charge is -2.28. The molecule has 0 aromatic rings. The van der Waals surface area contributed by atoms with Gasteiger partial charge in [-0.25, -0.2) is 0 Å². The van der Waals surface area contributed by atoms with Crippen LogP contribution in [0.4, 0.5) is 0 Å². The molecule has 1 saturated heterocycles. The smallest absolute Gasteiger partial charge is 0.149 e. The molecule has 1 aliphatic rings. The maximum Gasteiger partial charge on any atom is 0.149 e. The predicted octanol–water partition coefficient (Wildman–Crippen LogP) is -0.481. The van der Waals surface area contributed by atoms with E-state index in [4.69, 9.17) is 11.2 Å². The molecular weight excluding hydrogens is 142 g/mol. The van der Waals surface area contributed by atoms with Gasteiger partial charge in [0, 0.05) is 13.1 Å². The fourth-order valence-electron chi connectivity index (χ4n) is 1.09. The molecule has 0 aromatic heterocycles. The molecule has 3 nitrogen and oxygen atoms in total. The van der Waals surface area contributed by atoms with Gasteiger partial charge in [0.1, 0.15) is 12.3 Å². The highest BCUT2D eigenvalue weighted by atomic mass is 16.5. The number of carbonyl (C=O) groups is 1. The van der Waals surface area contributed by atoms with E-state index in [1.54, 1.807) is 0 Å². The van der Waals surface area contributed by atoms with Crippen LogP contribution in [0.3, 0.4) is 0 Å². The monoisotopic (exact) mass is 153 g/mol. The molecule has 1 fully saturated rings. The van der Waals surface area contributed by atoms with E-state index in [1.807, 2.05) is 4.90 Å². The zero-order chi connectivity index (χ0) is 8.10. The molecule has 0 spiro atoms. The number of morpholine rings is 1. The Hall–Kier alpha value is -0.850. The third-order valence-corrected chi connectivity index (χ3v) is 1.74. The van der Waals surface area contributed by atoms with Crippen LogP contribution in [-0.2, 0) is 9.53 Å². The van der Waals surface area contributed by atoms with Gasteiger partial charge in [0.15, 0.2) is 0 Å². The Labute approximate surface area is 66.3 Å². The molecule has 1 unspecified atom stereocenters. The van der Waals surface area contributed by atoms with Crippen molar-refractivity contribution in [2.24, 2.45) is 0 Å². The summed E-state index contributed by atoms with van der Waals surface area (Å²) in [5.74, 6) is 2.42. The molecule has 1 heterocycles. The van der Waals surface area contributed by atoms with E-state index in [0.29, 0.717) is 13.2 Å². The maximum absolute atomic E-state index is 10.4. The van der Waals surface area contributed by atoms with Crippen LogP contribution in [0.2, 0.25) is 0 Å². The lowest BCUT2D eigenvalue weighted by molar-refractivity contribution is -0.112. The Balaban J connectivity index is 2.44. The molecule has 1 rings (SSSR count). The average molecular weight is 153 g/mol. The molecule has 3 heteroatoms. The zero-order valence-electron chi connectivity index (χ0n) is 6.32. The Morgan fingerprint density at radius 2 is 2.18 bits per heavy atom. The van der Waals surface area contributed by atoms with Gasteiger partial charge in [-0.15, -0.1) is 6.42 Å². The van der Waals surface area contributed by atoms with E-state index in [0.717, 1.165) is 19.4 Å². The van der Waals surface area contributed by atoms with E-state index in [-0.39, 0.29) is 6.04 Å². The molecule has 0 N–H and O–H groups in total. The summed E-state index contributed by atoms with van der Waals surface area (Å²) >= 11 is 0. The second-order valence-electron chi connectivity index (χ2n) is 2.40. The number of aldehydes is 1. The number of hydrogen-bond donors (Lipinski definition) is 0. The molecule has 0 bridgehead atoms. The van der Waals surface area contributed by atoms with Gasteiger partial charge >= 0.3 is 0 Å². The van der Waals surface area contributed by atoms with Gasteiger partial charge in [-0.2, -0.15) is 0 Å². The van der Waals surface area contributed by atoms with Crippen molar-refractivity contribution >= 4 is 6.29 Å². The van der Waals surface area contributed by atoms with Crippen molar-refractivity contribution in [3.63, 3.8) is 0 Å². The van der Waals surface area contributed by atoms with E-state index < -0.39 is 0 Å². The summed E-state index contributed by atoms with van der Waals surface area (Å²) in [5, 5.41) is 0. The van der Waals surface area contributed by atoms with Gasteiger partial charge in [0.05, 0.1) is 13.2 Å². The average Bonchev–Trinajstić information content (AvgIpc) is 2.09. The third kappa shape index (κ3) is 2.04. The fraction of sp³-hybridized carbons (Fsp3) is 0.625. The van der Waals surface area contributed by atoms with Crippen LogP contribution in [0.15, 0.2) is 0 Å². The molecule has 0 aromatic carbocycles. The van der Waals surface area contributed by atoms with Crippen molar-refractivity contribution in [3.8, 4) is 12.3 Å². The highest BCUT2D eigenvalue weighted by Gasteiger charge is 2.17. The van der Waals surface area contributed by atoms with Gasteiger partial charge in [-0.3, -0.25) is 4.90 Å². The van der Waals surface area contributed by atoms with Crippen molar-refractivity contribution < 1.29 is 9.53 Å². The first kappa shape index (κ1) is 8.25. The second-order valence-corrected chi connectivity index (χ2v) is 2.40. The molecular formula is C8H11NO2. The summed E-state index contributed by atoms with van der Waals surface area (Å²) in [6.45, 7) is 2.86. The van der Waals surface area contributed by atoms with Crippen LogP contribution in [0.25, 0.3) is 0 Å². The molecule has 1 atom stereocenters. The van der Waals surface area contributed by atoms with Gasteiger partial charge < -0.3 is 9.53 Å². The number of hydrogen-bond acceptors (Lipinski definition) is 3. The lowest BCUT2D eigenvalue weighted by Crippen LogP contribution is -2.43. The summed E-state index contributed by atoms with van der Waals surface area (Å²) in [6, 6.07) is -0.362. The van der Waals surface area contributed by atoms with E-state index in [9.17, 15) is 4.79 Å². The highest BCUT2D eigenvalue weighted by Crippen LogP contribution is 2.00. The number of terminal acetylenes is 1. The number of nitrogens with zero attached hydrogens (tertiary/aromatic N) is 1. The molecule has 1 aliphatic heterocycles. The first-order valence-corrected chi connectivity index (χ1v) is 3.61. The van der Waals surface area contributed by atoms with E-state index in [1.165, 1.54) is 0 Å². The van der Waals surface area contributed by atoms with Crippen LogP contribution >= 0.6 is 0 Å². The van der Waals surface area contributed by atoms with Crippen LogP contribution in [0.5, 0.6) is 0 Å². The third-order valence-electron chi connectivity index (χ3n) is 1.74. The molecule has 0 saturated carbocycles. The summed E-state index contributed by atoms with van der Waals surface area (Å²) in [7, 11) is 0. The summed E-state index contributed by atoms with van der Waals surface area (Å²) in [6.07, 6.45) is 5.95. The Kier molecular flexibility index (Phi) is 3.09. The minimum absolute atomic E-state index is 0.362. The molecule has 60 valence electrons.